The monoisotopic (exact) mass is 131 g/mol. The Morgan fingerprint density at radius 1 is 1.40 bits per heavy atom. The normalized spacial score (nSPS) is 30.1. The summed E-state index contributed by atoms with van der Waals surface area (Å²) in [6, 6.07) is 11.4. The minimum absolute atomic E-state index is 0.856. The van der Waals surface area contributed by atoms with Gasteiger partial charge in [-0.15, -0.1) is 0 Å². The Morgan fingerprint density at radius 2 is 2.00 bits per heavy atom. The molecule has 1 aromatic rings. The van der Waals surface area contributed by atoms with Crippen LogP contribution in [-0.4, -0.2) is 0 Å². The molecule has 0 bridgehead atoms. The molecule has 1 fully saturated rings. The molecule has 2 rings (SSSR count). The fourth-order valence-corrected chi connectivity index (χ4v) is 1.43. The van der Waals surface area contributed by atoms with E-state index in [0.717, 1.165) is 11.8 Å². The van der Waals surface area contributed by atoms with Crippen molar-refractivity contribution in [2.75, 3.05) is 0 Å². The second-order valence-electron chi connectivity index (χ2n) is 3.15. The summed E-state index contributed by atoms with van der Waals surface area (Å²) in [7, 11) is 0. The molecule has 0 aromatic heterocycles. The molecule has 1 saturated carbocycles. The van der Waals surface area contributed by atoms with Gasteiger partial charge in [0, 0.05) is 0 Å². The summed E-state index contributed by atoms with van der Waals surface area (Å²) in [6.45, 7) is 2.31. The molecule has 0 aliphatic heterocycles. The predicted molar refractivity (Wildman–Crippen MR) is 41.8 cm³/mol. The SMILES string of the molecule is CC1CC1c1cc[c]cc1. The van der Waals surface area contributed by atoms with Gasteiger partial charge in [-0.1, -0.05) is 31.2 Å². The molecule has 1 radical (unpaired) electrons. The Morgan fingerprint density at radius 3 is 2.50 bits per heavy atom. The van der Waals surface area contributed by atoms with Crippen molar-refractivity contribution in [3.05, 3.63) is 35.9 Å². The first kappa shape index (κ1) is 5.96. The van der Waals surface area contributed by atoms with Crippen molar-refractivity contribution in [2.24, 2.45) is 5.92 Å². The Labute approximate surface area is 61.9 Å². The summed E-state index contributed by atoms with van der Waals surface area (Å²) in [5.41, 5.74) is 1.49. The minimum Gasteiger partial charge on any atom is -0.0619 e. The van der Waals surface area contributed by atoms with Crippen LogP contribution in [0.15, 0.2) is 24.3 Å². The largest absolute Gasteiger partial charge is 0.0619 e. The lowest BCUT2D eigenvalue weighted by Gasteiger charge is -1.94. The van der Waals surface area contributed by atoms with Crippen LogP contribution < -0.4 is 0 Å². The van der Waals surface area contributed by atoms with Gasteiger partial charge in [0.1, 0.15) is 0 Å². The maximum atomic E-state index is 3.03. The van der Waals surface area contributed by atoms with Gasteiger partial charge < -0.3 is 0 Å². The summed E-state index contributed by atoms with van der Waals surface area (Å²) >= 11 is 0. The van der Waals surface area contributed by atoms with E-state index in [4.69, 9.17) is 0 Å². The molecule has 0 nitrogen and oxygen atoms in total. The summed E-state index contributed by atoms with van der Waals surface area (Å²) in [6.07, 6.45) is 1.38. The van der Waals surface area contributed by atoms with E-state index in [0.29, 0.717) is 0 Å². The van der Waals surface area contributed by atoms with Crippen LogP contribution in [0.25, 0.3) is 0 Å². The number of hydrogen-bond acceptors (Lipinski definition) is 0. The molecule has 0 N–H and O–H groups in total. The van der Waals surface area contributed by atoms with Crippen molar-refractivity contribution in [2.45, 2.75) is 19.3 Å². The zero-order chi connectivity index (χ0) is 6.97. The molecule has 1 aliphatic rings. The highest BCUT2D eigenvalue weighted by atomic mass is 14.4. The van der Waals surface area contributed by atoms with Gasteiger partial charge in [-0.2, -0.15) is 0 Å². The Balaban J connectivity index is 2.20. The summed E-state index contributed by atoms with van der Waals surface area (Å²) in [4.78, 5) is 0. The highest BCUT2D eigenvalue weighted by Crippen LogP contribution is 2.46. The molecule has 1 aliphatic carbocycles. The first-order chi connectivity index (χ1) is 4.88. The van der Waals surface area contributed by atoms with Gasteiger partial charge in [-0.05, 0) is 29.9 Å². The zero-order valence-corrected chi connectivity index (χ0v) is 6.17. The van der Waals surface area contributed by atoms with E-state index in [1.807, 2.05) is 12.1 Å². The van der Waals surface area contributed by atoms with E-state index in [2.05, 4.69) is 25.1 Å². The average Bonchev–Trinajstić information content (AvgIpc) is 2.69. The van der Waals surface area contributed by atoms with E-state index in [1.54, 1.807) is 0 Å². The first-order valence-electron chi connectivity index (χ1n) is 3.84. The quantitative estimate of drug-likeness (QED) is 0.549. The summed E-state index contributed by atoms with van der Waals surface area (Å²) in [5, 5.41) is 0. The fraction of sp³-hybridized carbons (Fsp3) is 0.400. The summed E-state index contributed by atoms with van der Waals surface area (Å²) < 4.78 is 0. The second kappa shape index (κ2) is 2.12. The number of rotatable bonds is 1. The van der Waals surface area contributed by atoms with E-state index in [1.165, 1.54) is 12.0 Å². The molecular formula is C10H11. The van der Waals surface area contributed by atoms with E-state index < -0.39 is 0 Å². The molecule has 0 heterocycles. The van der Waals surface area contributed by atoms with Gasteiger partial charge in [0.15, 0.2) is 0 Å². The average molecular weight is 131 g/mol. The van der Waals surface area contributed by atoms with Crippen LogP contribution in [0.3, 0.4) is 0 Å². The van der Waals surface area contributed by atoms with Crippen LogP contribution in [0, 0.1) is 12.0 Å². The van der Waals surface area contributed by atoms with E-state index >= 15 is 0 Å². The number of hydrogen-bond donors (Lipinski definition) is 0. The smallest absolute Gasteiger partial charge is 0.0133 e. The predicted octanol–water partition coefficient (Wildman–Crippen LogP) is 2.61. The van der Waals surface area contributed by atoms with Crippen molar-refractivity contribution in [1.82, 2.24) is 0 Å². The van der Waals surface area contributed by atoms with Crippen molar-refractivity contribution in [3.8, 4) is 0 Å². The lowest BCUT2D eigenvalue weighted by molar-refractivity contribution is 0.915. The topological polar surface area (TPSA) is 0 Å². The van der Waals surface area contributed by atoms with Crippen LogP contribution in [0.2, 0.25) is 0 Å². The molecule has 2 unspecified atom stereocenters. The highest BCUT2D eigenvalue weighted by molar-refractivity contribution is 5.24. The third-order valence-corrected chi connectivity index (χ3v) is 2.28. The highest BCUT2D eigenvalue weighted by Gasteiger charge is 2.33. The van der Waals surface area contributed by atoms with Gasteiger partial charge in [0.05, 0.1) is 0 Å². The van der Waals surface area contributed by atoms with Gasteiger partial charge in [-0.3, -0.25) is 0 Å². The zero-order valence-electron chi connectivity index (χ0n) is 6.17. The lowest BCUT2D eigenvalue weighted by Crippen LogP contribution is -1.77. The second-order valence-corrected chi connectivity index (χ2v) is 3.15. The molecule has 1 aromatic carbocycles. The van der Waals surface area contributed by atoms with Crippen LogP contribution in [-0.2, 0) is 0 Å². The maximum Gasteiger partial charge on any atom is -0.0133 e. The van der Waals surface area contributed by atoms with Crippen LogP contribution in [0.5, 0.6) is 0 Å². The Bertz CT molecular complexity index is 213. The standard InChI is InChI=1S/C10H11/c1-8-7-10(8)9-5-3-2-4-6-9/h3-6,8,10H,7H2,1H3. The molecule has 2 atom stereocenters. The summed E-state index contributed by atoms with van der Waals surface area (Å²) in [5.74, 6) is 1.77. The van der Waals surface area contributed by atoms with Gasteiger partial charge >= 0.3 is 0 Å². The molecule has 0 amide bonds. The molecular weight excluding hydrogens is 120 g/mol. The van der Waals surface area contributed by atoms with E-state index in [-0.39, 0.29) is 0 Å². The lowest BCUT2D eigenvalue weighted by atomic mass is 10.1. The third kappa shape index (κ3) is 0.942. The van der Waals surface area contributed by atoms with Crippen molar-refractivity contribution in [1.29, 1.82) is 0 Å². The Hall–Kier alpha value is -0.780. The molecule has 0 heteroatoms. The fourth-order valence-electron chi connectivity index (χ4n) is 1.43. The van der Waals surface area contributed by atoms with Gasteiger partial charge in [0.2, 0.25) is 0 Å². The van der Waals surface area contributed by atoms with Crippen LogP contribution in [0.4, 0.5) is 0 Å². The minimum atomic E-state index is 0.856. The van der Waals surface area contributed by atoms with Crippen LogP contribution in [0.1, 0.15) is 24.8 Å². The maximum absolute atomic E-state index is 3.03. The molecule has 51 valence electrons. The van der Waals surface area contributed by atoms with Crippen molar-refractivity contribution >= 4 is 0 Å². The van der Waals surface area contributed by atoms with Crippen LogP contribution >= 0.6 is 0 Å². The van der Waals surface area contributed by atoms with Crippen molar-refractivity contribution < 1.29 is 0 Å². The van der Waals surface area contributed by atoms with E-state index in [9.17, 15) is 0 Å². The van der Waals surface area contributed by atoms with Gasteiger partial charge in [0.25, 0.3) is 0 Å². The molecule has 0 saturated heterocycles. The Kier molecular flexibility index (Phi) is 1.26. The van der Waals surface area contributed by atoms with Gasteiger partial charge in [-0.25, -0.2) is 0 Å². The number of benzene rings is 1. The third-order valence-electron chi connectivity index (χ3n) is 2.28. The first-order valence-corrected chi connectivity index (χ1v) is 3.84. The molecule has 0 spiro atoms. The molecule has 10 heavy (non-hydrogen) atoms. The van der Waals surface area contributed by atoms with Crippen molar-refractivity contribution in [3.63, 3.8) is 0 Å².